The number of carbonyl (C=O) groups excluding carboxylic acids is 2. The number of carboxylic acid groups (broad SMARTS) is 2. The Hall–Kier alpha value is -2.38. The van der Waals surface area contributed by atoms with Crippen LogP contribution in [0.3, 0.4) is 0 Å². The molecule has 22 heavy (non-hydrogen) atoms. The molecule has 0 aromatic carbocycles. The zero-order chi connectivity index (χ0) is 17.4. The number of rotatable bonds is 8. The van der Waals surface area contributed by atoms with Crippen molar-refractivity contribution in [3.63, 3.8) is 0 Å². The molecular weight excluding hydrogens is 292 g/mol. The first-order valence-electron chi connectivity index (χ1n) is 6.77. The van der Waals surface area contributed by atoms with Gasteiger partial charge in [-0.25, -0.2) is 9.59 Å². The maximum Gasteiger partial charge on any atom is 0.332 e. The lowest BCUT2D eigenvalue weighted by atomic mass is 9.96. The first-order chi connectivity index (χ1) is 10.0. The van der Waals surface area contributed by atoms with Crippen LogP contribution in [-0.4, -0.2) is 46.0 Å². The summed E-state index contributed by atoms with van der Waals surface area (Å²) in [5, 5.41) is 23.5. The van der Waals surface area contributed by atoms with E-state index in [2.05, 4.69) is 10.6 Å². The van der Waals surface area contributed by atoms with Gasteiger partial charge in [-0.3, -0.25) is 9.59 Å². The van der Waals surface area contributed by atoms with Crippen LogP contribution in [0.15, 0.2) is 11.1 Å². The Morgan fingerprint density at radius 1 is 0.773 bits per heavy atom. The minimum atomic E-state index is -1.36. The normalized spacial score (nSPS) is 14.4. The van der Waals surface area contributed by atoms with Crippen LogP contribution in [0.5, 0.6) is 0 Å². The average molecular weight is 314 g/mol. The fourth-order valence-corrected chi connectivity index (χ4v) is 2.09. The highest BCUT2D eigenvalue weighted by Gasteiger charge is 2.24. The fraction of sp³-hybridized carbons (Fsp3) is 0.571. The van der Waals surface area contributed by atoms with Crippen molar-refractivity contribution in [1.82, 2.24) is 10.6 Å². The molecule has 0 unspecified atom stereocenters. The summed E-state index contributed by atoms with van der Waals surface area (Å²) in [7, 11) is 0. The molecule has 0 radical (unpaired) electrons. The number of carboxylic acids is 2. The maximum absolute atomic E-state index is 11.3. The molecule has 0 heterocycles. The van der Waals surface area contributed by atoms with Crippen molar-refractivity contribution < 1.29 is 29.4 Å². The summed E-state index contributed by atoms with van der Waals surface area (Å²) < 4.78 is 0. The van der Waals surface area contributed by atoms with Crippen LogP contribution < -0.4 is 10.6 Å². The van der Waals surface area contributed by atoms with Crippen LogP contribution in [-0.2, 0) is 19.2 Å². The van der Waals surface area contributed by atoms with Crippen molar-refractivity contribution in [2.24, 2.45) is 0 Å². The molecular formula is C14H22N2O6. The first kappa shape index (κ1) is 19.6. The zero-order valence-corrected chi connectivity index (χ0v) is 13.1. The predicted octanol–water partition coefficient (Wildman–Crippen LogP) is 0.282. The van der Waals surface area contributed by atoms with Gasteiger partial charge in [0.05, 0.1) is 0 Å². The number of amides is 2. The van der Waals surface area contributed by atoms with Crippen LogP contribution in [0.2, 0.25) is 0 Å². The molecule has 4 N–H and O–H groups in total. The van der Waals surface area contributed by atoms with Gasteiger partial charge in [-0.1, -0.05) is 0 Å². The van der Waals surface area contributed by atoms with Crippen molar-refractivity contribution >= 4 is 23.8 Å². The summed E-state index contributed by atoms with van der Waals surface area (Å²) in [5.74, 6) is -3.38. The topological polar surface area (TPSA) is 133 Å². The molecule has 0 saturated heterocycles. The van der Waals surface area contributed by atoms with E-state index in [-0.39, 0.29) is 35.8 Å². The first-order valence-corrected chi connectivity index (χ1v) is 6.77. The molecule has 0 bridgehead atoms. The molecule has 0 aromatic rings. The van der Waals surface area contributed by atoms with E-state index in [1.165, 1.54) is 13.8 Å². The highest BCUT2D eigenvalue weighted by molar-refractivity contribution is 5.99. The van der Waals surface area contributed by atoms with E-state index in [1.807, 2.05) is 0 Å². The molecule has 2 amide bonds. The van der Waals surface area contributed by atoms with E-state index in [1.54, 1.807) is 13.8 Å². The Labute approximate surface area is 128 Å². The summed E-state index contributed by atoms with van der Waals surface area (Å²) in [5.41, 5.74) is -0.572. The molecule has 0 aliphatic carbocycles. The minimum Gasteiger partial charge on any atom is -0.478 e. The second-order valence-electron chi connectivity index (χ2n) is 5.18. The smallest absolute Gasteiger partial charge is 0.332 e. The van der Waals surface area contributed by atoms with Crippen LogP contribution in [0.1, 0.15) is 40.5 Å². The lowest BCUT2D eigenvalue weighted by Gasteiger charge is -2.18. The minimum absolute atomic E-state index is 0.122. The van der Waals surface area contributed by atoms with E-state index in [4.69, 9.17) is 0 Å². The monoisotopic (exact) mass is 314 g/mol. The van der Waals surface area contributed by atoms with Crippen LogP contribution in [0, 0.1) is 0 Å². The van der Waals surface area contributed by atoms with Gasteiger partial charge in [0.1, 0.15) is 0 Å². The molecule has 0 fully saturated rings. The Balaban J connectivity index is 5.38. The Bertz CT molecular complexity index is 454. The Morgan fingerprint density at radius 2 is 1.05 bits per heavy atom. The predicted molar refractivity (Wildman–Crippen MR) is 78.1 cm³/mol. The van der Waals surface area contributed by atoms with E-state index >= 15 is 0 Å². The Kier molecular flexibility index (Phi) is 7.85. The largest absolute Gasteiger partial charge is 0.478 e. The summed E-state index contributed by atoms with van der Waals surface area (Å²) >= 11 is 0. The summed E-state index contributed by atoms with van der Waals surface area (Å²) in [6.45, 7) is 5.75. The summed E-state index contributed by atoms with van der Waals surface area (Å²) in [6.07, 6.45) is -0.243. The molecule has 0 aliphatic heterocycles. The van der Waals surface area contributed by atoms with Crippen molar-refractivity contribution in [2.75, 3.05) is 0 Å². The van der Waals surface area contributed by atoms with Crippen LogP contribution >= 0.6 is 0 Å². The molecule has 0 aromatic heterocycles. The lowest BCUT2D eigenvalue weighted by Crippen LogP contribution is -2.34. The second kappa shape index (κ2) is 8.81. The highest BCUT2D eigenvalue weighted by Crippen LogP contribution is 2.18. The molecule has 0 saturated carbocycles. The van der Waals surface area contributed by atoms with Gasteiger partial charge in [0.15, 0.2) is 0 Å². The van der Waals surface area contributed by atoms with E-state index in [9.17, 15) is 29.4 Å². The van der Waals surface area contributed by atoms with Crippen LogP contribution in [0.4, 0.5) is 0 Å². The van der Waals surface area contributed by atoms with Crippen molar-refractivity contribution in [3.8, 4) is 0 Å². The standard InChI is InChI=1S/C14H22N2O6/c1-7(15-9(3)17)5-11(13(19)20)12(14(21)22)6-8(2)16-10(4)18/h7-8H,5-6H2,1-4H3,(H,15,17)(H,16,18)(H,19,20)(H,21,22)/b12-11+/t7-,8-/m0/s1. The summed E-state index contributed by atoms with van der Waals surface area (Å²) in [6, 6.07) is -1.04. The molecule has 0 rings (SSSR count). The van der Waals surface area contributed by atoms with Crippen LogP contribution in [0.25, 0.3) is 0 Å². The van der Waals surface area contributed by atoms with Gasteiger partial charge in [-0.2, -0.15) is 0 Å². The van der Waals surface area contributed by atoms with Gasteiger partial charge in [0, 0.05) is 49.9 Å². The molecule has 8 heteroatoms. The number of hydrogen-bond acceptors (Lipinski definition) is 4. The third-order valence-electron chi connectivity index (χ3n) is 2.80. The van der Waals surface area contributed by atoms with E-state index in [0.717, 1.165) is 0 Å². The number of aliphatic carboxylic acids is 2. The molecule has 0 aliphatic rings. The number of nitrogens with one attached hydrogen (secondary N) is 2. The lowest BCUT2D eigenvalue weighted by molar-refractivity contribution is -0.136. The molecule has 2 atom stereocenters. The number of hydrogen-bond donors (Lipinski definition) is 4. The van der Waals surface area contributed by atoms with Crippen molar-refractivity contribution in [2.45, 2.75) is 52.6 Å². The summed E-state index contributed by atoms with van der Waals surface area (Å²) in [4.78, 5) is 44.6. The Morgan fingerprint density at radius 3 is 1.23 bits per heavy atom. The molecule has 124 valence electrons. The fourth-order valence-electron chi connectivity index (χ4n) is 2.09. The molecule has 8 nitrogen and oxygen atoms in total. The van der Waals surface area contributed by atoms with Gasteiger partial charge in [-0.05, 0) is 13.8 Å². The third-order valence-corrected chi connectivity index (χ3v) is 2.80. The van der Waals surface area contributed by atoms with Crippen molar-refractivity contribution in [3.05, 3.63) is 11.1 Å². The van der Waals surface area contributed by atoms with Gasteiger partial charge < -0.3 is 20.8 Å². The SMILES string of the molecule is CC(=O)N[C@@H](C)C/C(C(=O)O)=C(/C[C@H](C)NC(C)=O)C(=O)O. The molecule has 0 spiro atoms. The highest BCUT2D eigenvalue weighted by atomic mass is 16.4. The quantitative estimate of drug-likeness (QED) is 0.476. The van der Waals surface area contributed by atoms with Gasteiger partial charge >= 0.3 is 11.9 Å². The number of carbonyl (C=O) groups is 4. The average Bonchev–Trinajstić information content (AvgIpc) is 2.30. The third kappa shape index (κ3) is 7.41. The van der Waals surface area contributed by atoms with Gasteiger partial charge in [0.2, 0.25) is 11.8 Å². The van der Waals surface area contributed by atoms with E-state index in [0.29, 0.717) is 0 Å². The zero-order valence-electron chi connectivity index (χ0n) is 13.1. The van der Waals surface area contributed by atoms with Gasteiger partial charge in [0.25, 0.3) is 0 Å². The maximum atomic E-state index is 11.3. The van der Waals surface area contributed by atoms with E-state index < -0.39 is 24.0 Å². The second-order valence-corrected chi connectivity index (χ2v) is 5.18. The van der Waals surface area contributed by atoms with Crippen molar-refractivity contribution in [1.29, 1.82) is 0 Å². The van der Waals surface area contributed by atoms with Gasteiger partial charge in [-0.15, -0.1) is 0 Å².